The van der Waals surface area contributed by atoms with Crippen LogP contribution in [0.1, 0.15) is 51.7 Å². The van der Waals surface area contributed by atoms with Crippen LogP contribution in [-0.2, 0) is 37.5 Å². The molecule has 0 aliphatic rings. The van der Waals surface area contributed by atoms with Gasteiger partial charge in [0.25, 0.3) is 5.91 Å². The predicted molar refractivity (Wildman–Crippen MR) is 102 cm³/mol. The van der Waals surface area contributed by atoms with Gasteiger partial charge >= 0.3 is 0 Å². The molecular weight excluding hydrogens is 397 g/mol. The van der Waals surface area contributed by atoms with Gasteiger partial charge in [-0.1, -0.05) is 13.3 Å². The van der Waals surface area contributed by atoms with E-state index in [1.807, 2.05) is 13.8 Å². The second-order valence-corrected chi connectivity index (χ2v) is 11.3. The maximum Gasteiger partial charge on any atom is 0.265 e. The van der Waals surface area contributed by atoms with Crippen molar-refractivity contribution in [3.63, 3.8) is 0 Å². The standard InChI is InChI=1S/C19H31FNOP.Y/c1-7-11-17(23(8-2,9-3)10-4)19(22)21-18-14(5)12-16(20)13-15(18)6;/h12-13,17H,7-11H2,1-6H3;/p+1. The van der Waals surface area contributed by atoms with Gasteiger partial charge in [-0.2, -0.15) is 0 Å². The molecular formula is C19H32FNOPY+. The van der Waals surface area contributed by atoms with Crippen molar-refractivity contribution in [1.82, 2.24) is 0 Å². The molecule has 0 saturated heterocycles. The Balaban J connectivity index is 0.00000529. The van der Waals surface area contributed by atoms with Crippen LogP contribution in [-0.4, -0.2) is 30.1 Å². The second kappa shape index (κ2) is 11.0. The van der Waals surface area contributed by atoms with Crippen LogP contribution in [0.4, 0.5) is 10.1 Å². The first-order chi connectivity index (χ1) is 10.8. The third kappa shape index (κ3) is 5.58. The van der Waals surface area contributed by atoms with Crippen LogP contribution < -0.4 is 5.32 Å². The van der Waals surface area contributed by atoms with E-state index in [4.69, 9.17) is 0 Å². The number of carbonyl (C=O) groups excluding carboxylic acids is 1. The molecule has 1 unspecified atom stereocenters. The van der Waals surface area contributed by atoms with Crippen molar-refractivity contribution >= 4 is 18.9 Å². The molecule has 1 amide bonds. The minimum absolute atomic E-state index is 0. The SMILES string of the molecule is CCCC(C(=O)Nc1c(C)cc(F)cc1C)[P+](CC)(CC)CC.[Y]. The fraction of sp³-hybridized carbons (Fsp3) is 0.632. The molecule has 0 bridgehead atoms. The van der Waals surface area contributed by atoms with E-state index in [0.29, 0.717) is 0 Å². The second-order valence-electron chi connectivity index (χ2n) is 6.38. The summed E-state index contributed by atoms with van der Waals surface area (Å²) in [6.45, 7) is 12.5. The van der Waals surface area contributed by atoms with Gasteiger partial charge in [0, 0.05) is 45.7 Å². The molecule has 0 spiro atoms. The minimum Gasteiger partial charge on any atom is -0.322 e. The van der Waals surface area contributed by atoms with Crippen molar-refractivity contribution < 1.29 is 41.9 Å². The smallest absolute Gasteiger partial charge is 0.265 e. The number of benzene rings is 1. The van der Waals surface area contributed by atoms with Gasteiger partial charge in [0.2, 0.25) is 0 Å². The number of amides is 1. The van der Waals surface area contributed by atoms with Crippen molar-refractivity contribution in [2.24, 2.45) is 0 Å². The number of anilines is 1. The summed E-state index contributed by atoms with van der Waals surface area (Å²) in [6, 6.07) is 2.97. The summed E-state index contributed by atoms with van der Waals surface area (Å²) in [4.78, 5) is 13.0. The minimum atomic E-state index is -1.28. The van der Waals surface area contributed by atoms with Crippen molar-refractivity contribution in [3.8, 4) is 0 Å². The first-order valence-corrected chi connectivity index (χ1v) is 11.2. The summed E-state index contributed by atoms with van der Waals surface area (Å²) in [7, 11) is -1.28. The normalized spacial score (nSPS) is 12.5. The van der Waals surface area contributed by atoms with E-state index in [1.54, 1.807) is 0 Å². The molecule has 0 aliphatic heterocycles. The number of nitrogens with one attached hydrogen (secondary N) is 1. The van der Waals surface area contributed by atoms with Gasteiger partial charge in [-0.15, -0.1) is 0 Å². The van der Waals surface area contributed by atoms with Gasteiger partial charge < -0.3 is 5.32 Å². The Hall–Kier alpha value is 0.154. The van der Waals surface area contributed by atoms with E-state index in [2.05, 4.69) is 33.0 Å². The molecule has 0 heterocycles. The molecule has 133 valence electrons. The van der Waals surface area contributed by atoms with E-state index in [1.165, 1.54) is 12.1 Å². The largest absolute Gasteiger partial charge is 0.322 e. The van der Waals surface area contributed by atoms with Crippen LogP contribution in [0.25, 0.3) is 0 Å². The number of halogens is 1. The van der Waals surface area contributed by atoms with E-state index in [-0.39, 0.29) is 50.1 Å². The molecule has 1 N–H and O–H groups in total. The van der Waals surface area contributed by atoms with Crippen molar-refractivity contribution in [1.29, 1.82) is 0 Å². The number of rotatable bonds is 8. The van der Waals surface area contributed by atoms with Crippen molar-refractivity contribution in [2.45, 2.75) is 60.0 Å². The molecule has 24 heavy (non-hydrogen) atoms. The maximum absolute atomic E-state index is 13.5. The Bertz CT molecular complexity index is 515. The Morgan fingerprint density at radius 3 is 1.92 bits per heavy atom. The Morgan fingerprint density at radius 2 is 1.54 bits per heavy atom. The third-order valence-electron chi connectivity index (χ3n) is 5.16. The van der Waals surface area contributed by atoms with Gasteiger partial charge in [-0.05, 0) is 64.3 Å². The average Bonchev–Trinajstić information content (AvgIpc) is 2.51. The summed E-state index contributed by atoms with van der Waals surface area (Å²) in [5.41, 5.74) is 2.47. The molecule has 0 saturated carbocycles. The van der Waals surface area contributed by atoms with Gasteiger partial charge in [-0.25, -0.2) is 4.39 Å². The maximum atomic E-state index is 13.5. The zero-order valence-electron chi connectivity index (χ0n) is 16.1. The molecule has 1 atom stereocenters. The summed E-state index contributed by atoms with van der Waals surface area (Å²) >= 11 is 0. The van der Waals surface area contributed by atoms with Crippen LogP contribution in [0.15, 0.2) is 12.1 Å². The topological polar surface area (TPSA) is 29.1 Å². The molecule has 0 aromatic heterocycles. The van der Waals surface area contributed by atoms with Crippen molar-refractivity contribution in [2.75, 3.05) is 23.8 Å². The zero-order chi connectivity index (χ0) is 17.6. The fourth-order valence-electron chi connectivity index (χ4n) is 3.57. The summed E-state index contributed by atoms with van der Waals surface area (Å²) in [5.74, 6) is -0.121. The monoisotopic (exact) mass is 429 g/mol. The Morgan fingerprint density at radius 1 is 1.08 bits per heavy atom. The molecule has 2 nitrogen and oxygen atoms in total. The third-order valence-corrected chi connectivity index (χ3v) is 10.8. The Kier molecular flexibility index (Phi) is 11.1. The van der Waals surface area contributed by atoms with Crippen molar-refractivity contribution in [3.05, 3.63) is 29.1 Å². The first kappa shape index (κ1) is 24.2. The number of hydrogen-bond acceptors (Lipinski definition) is 1. The van der Waals surface area contributed by atoms with Crippen LogP contribution in [0.2, 0.25) is 0 Å². The van der Waals surface area contributed by atoms with E-state index < -0.39 is 7.26 Å². The summed E-state index contributed by atoms with van der Waals surface area (Å²) in [6.07, 6.45) is 5.29. The molecule has 5 heteroatoms. The van der Waals surface area contributed by atoms with Gasteiger partial charge in [0.05, 0.1) is 18.5 Å². The van der Waals surface area contributed by atoms with Crippen LogP contribution in [0.5, 0.6) is 0 Å². The van der Waals surface area contributed by atoms with E-state index in [9.17, 15) is 9.18 Å². The fourth-order valence-corrected chi connectivity index (χ4v) is 7.61. The molecule has 1 aromatic rings. The first-order valence-electron chi connectivity index (χ1n) is 8.78. The quantitative estimate of drug-likeness (QED) is 0.534. The molecule has 1 rings (SSSR count). The van der Waals surface area contributed by atoms with Gasteiger partial charge in [-0.3, -0.25) is 4.79 Å². The average molecular weight is 429 g/mol. The Labute approximate surface area is 173 Å². The summed E-state index contributed by atoms with van der Waals surface area (Å²) < 4.78 is 13.5. The number of carbonyl (C=O) groups is 1. The predicted octanol–water partition coefficient (Wildman–Crippen LogP) is 5.62. The van der Waals surface area contributed by atoms with Crippen LogP contribution >= 0.6 is 7.26 Å². The zero-order valence-corrected chi connectivity index (χ0v) is 19.8. The van der Waals surface area contributed by atoms with E-state index >= 15 is 0 Å². The molecule has 0 aliphatic carbocycles. The van der Waals surface area contributed by atoms with Gasteiger partial charge in [0.15, 0.2) is 0 Å². The molecule has 1 aromatic carbocycles. The van der Waals surface area contributed by atoms with Gasteiger partial charge in [0.1, 0.15) is 11.5 Å². The summed E-state index contributed by atoms with van der Waals surface area (Å²) in [5, 5.41) is 3.12. The van der Waals surface area contributed by atoms with Crippen LogP contribution in [0.3, 0.4) is 0 Å². The van der Waals surface area contributed by atoms with Crippen LogP contribution in [0, 0.1) is 19.7 Å². The van der Waals surface area contributed by atoms with E-state index in [0.717, 1.165) is 48.1 Å². The number of hydrogen-bond donors (Lipinski definition) is 1. The molecule has 1 radical (unpaired) electrons. The molecule has 0 fully saturated rings. The number of aryl methyl sites for hydroxylation is 2.